The number of thiazole rings is 1. The van der Waals surface area contributed by atoms with E-state index >= 15 is 0 Å². The molecule has 1 amide bonds. The number of carbonyl (C=O) groups is 1. The van der Waals surface area contributed by atoms with Crippen LogP contribution in [-0.4, -0.2) is 35.0 Å². The first kappa shape index (κ1) is 16.8. The highest BCUT2D eigenvalue weighted by Crippen LogP contribution is 2.22. The maximum atomic E-state index is 12.6. The predicted octanol–water partition coefficient (Wildman–Crippen LogP) is 4.03. The first-order chi connectivity index (χ1) is 12.8. The Morgan fingerprint density at radius 1 is 1.12 bits per heavy atom. The molecule has 1 atom stereocenters. The van der Waals surface area contributed by atoms with E-state index in [1.165, 1.54) is 22.5 Å². The largest absolute Gasteiger partial charge is 0.465 e. The number of carbonyl (C=O) groups excluding carboxylic acids is 1. The molecule has 1 aromatic heterocycles. The summed E-state index contributed by atoms with van der Waals surface area (Å²) >= 11 is 1.48. The maximum Gasteiger partial charge on any atom is 0.273 e. The molecule has 4 rings (SSSR count). The molecule has 1 unspecified atom stereocenters. The number of rotatable bonds is 5. The van der Waals surface area contributed by atoms with Crippen LogP contribution in [0.1, 0.15) is 12.0 Å². The molecule has 4 nitrogen and oxygen atoms in total. The highest BCUT2D eigenvalue weighted by atomic mass is 32.1. The van der Waals surface area contributed by atoms with Gasteiger partial charge in [-0.25, -0.2) is 4.98 Å². The molecular weight excluding hydrogens is 344 g/mol. The van der Waals surface area contributed by atoms with E-state index in [-0.39, 0.29) is 12.0 Å². The lowest BCUT2D eigenvalue weighted by Crippen LogP contribution is -2.32. The molecule has 2 aromatic carbocycles. The van der Waals surface area contributed by atoms with Gasteiger partial charge in [0.25, 0.3) is 5.19 Å². The summed E-state index contributed by atoms with van der Waals surface area (Å²) in [5.41, 5.74) is 3.39. The third-order valence-corrected chi connectivity index (χ3v) is 5.25. The number of nitrogens with zero attached hydrogens (tertiary/aromatic N) is 2. The molecule has 26 heavy (non-hydrogen) atoms. The van der Waals surface area contributed by atoms with Gasteiger partial charge in [-0.2, -0.15) is 0 Å². The summed E-state index contributed by atoms with van der Waals surface area (Å²) in [6, 6.07) is 18.5. The fourth-order valence-corrected chi connectivity index (χ4v) is 3.75. The van der Waals surface area contributed by atoms with Gasteiger partial charge < -0.3 is 9.64 Å². The van der Waals surface area contributed by atoms with E-state index in [9.17, 15) is 4.79 Å². The van der Waals surface area contributed by atoms with E-state index in [0.717, 1.165) is 18.5 Å². The van der Waals surface area contributed by atoms with Gasteiger partial charge in [0.15, 0.2) is 0 Å². The number of aromatic nitrogens is 1. The molecule has 0 radical (unpaired) electrons. The van der Waals surface area contributed by atoms with Crippen LogP contribution in [0.4, 0.5) is 0 Å². The second-order valence-electron chi connectivity index (χ2n) is 6.41. The summed E-state index contributed by atoms with van der Waals surface area (Å²) in [6.45, 7) is 1.39. The van der Waals surface area contributed by atoms with Crippen molar-refractivity contribution in [3.8, 4) is 16.3 Å². The SMILES string of the molecule is O=C(Cc1ccc(-c2ccccc2)cc1)N1CCC(Oc2nccs2)C1. The van der Waals surface area contributed by atoms with E-state index in [1.807, 2.05) is 40.6 Å². The normalized spacial score (nSPS) is 16.6. The first-order valence-corrected chi connectivity index (χ1v) is 9.64. The molecule has 0 N–H and O–H groups in total. The minimum atomic E-state index is 0.0468. The lowest BCUT2D eigenvalue weighted by atomic mass is 10.0. The summed E-state index contributed by atoms with van der Waals surface area (Å²) in [6.07, 6.45) is 3.07. The van der Waals surface area contributed by atoms with Gasteiger partial charge in [-0.3, -0.25) is 4.79 Å². The quantitative estimate of drug-likeness (QED) is 0.686. The van der Waals surface area contributed by atoms with Crippen molar-refractivity contribution in [3.05, 3.63) is 71.7 Å². The maximum absolute atomic E-state index is 12.6. The molecule has 132 valence electrons. The van der Waals surface area contributed by atoms with Gasteiger partial charge in [-0.1, -0.05) is 65.9 Å². The van der Waals surface area contributed by atoms with Crippen LogP contribution in [0, 0.1) is 0 Å². The highest BCUT2D eigenvalue weighted by Gasteiger charge is 2.28. The number of hydrogen-bond donors (Lipinski definition) is 0. The molecule has 3 aromatic rings. The van der Waals surface area contributed by atoms with Crippen molar-refractivity contribution in [3.63, 3.8) is 0 Å². The fourth-order valence-electron chi connectivity index (χ4n) is 3.19. The minimum absolute atomic E-state index is 0.0468. The molecule has 0 spiro atoms. The smallest absolute Gasteiger partial charge is 0.273 e. The Kier molecular flexibility index (Phi) is 4.97. The lowest BCUT2D eigenvalue weighted by molar-refractivity contribution is -0.129. The molecule has 1 aliphatic heterocycles. The zero-order valence-corrected chi connectivity index (χ0v) is 15.2. The summed E-state index contributed by atoms with van der Waals surface area (Å²) < 4.78 is 5.82. The molecule has 0 saturated carbocycles. The second-order valence-corrected chi connectivity index (χ2v) is 7.26. The first-order valence-electron chi connectivity index (χ1n) is 8.76. The summed E-state index contributed by atoms with van der Waals surface area (Å²) in [5.74, 6) is 0.155. The van der Waals surface area contributed by atoms with Gasteiger partial charge in [0.2, 0.25) is 5.91 Å². The Labute approximate surface area is 157 Å². The van der Waals surface area contributed by atoms with Gasteiger partial charge in [0, 0.05) is 24.5 Å². The molecule has 1 aliphatic rings. The van der Waals surface area contributed by atoms with Gasteiger partial charge >= 0.3 is 0 Å². The van der Waals surface area contributed by atoms with Gasteiger partial charge in [0.1, 0.15) is 6.10 Å². The summed E-state index contributed by atoms with van der Waals surface area (Å²) in [7, 11) is 0. The fraction of sp³-hybridized carbons (Fsp3) is 0.238. The Balaban J connectivity index is 1.33. The van der Waals surface area contributed by atoms with Crippen molar-refractivity contribution in [2.75, 3.05) is 13.1 Å². The molecular formula is C21H20N2O2S. The van der Waals surface area contributed by atoms with Crippen LogP contribution >= 0.6 is 11.3 Å². The van der Waals surface area contributed by atoms with E-state index in [4.69, 9.17) is 4.74 Å². The Morgan fingerprint density at radius 2 is 1.88 bits per heavy atom. The van der Waals surface area contributed by atoms with Gasteiger partial charge in [-0.15, -0.1) is 0 Å². The average Bonchev–Trinajstić information content (AvgIpc) is 3.36. The van der Waals surface area contributed by atoms with Crippen LogP contribution in [0.5, 0.6) is 5.19 Å². The van der Waals surface area contributed by atoms with E-state index in [0.29, 0.717) is 18.2 Å². The van der Waals surface area contributed by atoms with Crippen LogP contribution < -0.4 is 4.74 Å². The van der Waals surface area contributed by atoms with Gasteiger partial charge in [-0.05, 0) is 16.7 Å². The van der Waals surface area contributed by atoms with Crippen molar-refractivity contribution in [1.82, 2.24) is 9.88 Å². The highest BCUT2D eigenvalue weighted by molar-refractivity contribution is 7.11. The Morgan fingerprint density at radius 3 is 2.62 bits per heavy atom. The standard InChI is InChI=1S/C21H20N2O2S/c24-20(23-12-10-19(15-23)25-21-22-11-13-26-21)14-16-6-8-18(9-7-16)17-4-2-1-3-5-17/h1-9,11,13,19H,10,12,14-15H2. The number of amides is 1. The Bertz CT molecular complexity index is 847. The zero-order valence-electron chi connectivity index (χ0n) is 14.4. The summed E-state index contributed by atoms with van der Waals surface area (Å²) in [4.78, 5) is 18.6. The molecule has 1 fully saturated rings. The van der Waals surface area contributed by atoms with Crippen LogP contribution in [0.15, 0.2) is 66.2 Å². The molecule has 0 bridgehead atoms. The Hall–Kier alpha value is -2.66. The monoisotopic (exact) mass is 364 g/mol. The molecule has 1 saturated heterocycles. The average molecular weight is 364 g/mol. The van der Waals surface area contributed by atoms with Gasteiger partial charge in [0.05, 0.1) is 13.0 Å². The van der Waals surface area contributed by atoms with Crippen molar-refractivity contribution >= 4 is 17.2 Å². The van der Waals surface area contributed by atoms with Crippen molar-refractivity contribution in [1.29, 1.82) is 0 Å². The van der Waals surface area contributed by atoms with E-state index in [2.05, 4.69) is 29.2 Å². The number of benzene rings is 2. The predicted molar refractivity (Wildman–Crippen MR) is 103 cm³/mol. The van der Waals surface area contributed by atoms with Crippen LogP contribution in [-0.2, 0) is 11.2 Å². The third kappa shape index (κ3) is 3.94. The minimum Gasteiger partial charge on any atom is -0.465 e. The van der Waals surface area contributed by atoms with Crippen molar-refractivity contribution in [2.24, 2.45) is 0 Å². The second kappa shape index (κ2) is 7.70. The number of likely N-dealkylation sites (tertiary alicyclic amines) is 1. The van der Waals surface area contributed by atoms with Crippen molar-refractivity contribution < 1.29 is 9.53 Å². The van der Waals surface area contributed by atoms with E-state index < -0.39 is 0 Å². The summed E-state index contributed by atoms with van der Waals surface area (Å²) in [5, 5.41) is 2.58. The topological polar surface area (TPSA) is 42.4 Å². The number of hydrogen-bond acceptors (Lipinski definition) is 4. The third-order valence-electron chi connectivity index (χ3n) is 4.59. The van der Waals surface area contributed by atoms with Crippen molar-refractivity contribution in [2.45, 2.75) is 18.9 Å². The molecule has 5 heteroatoms. The molecule has 0 aliphatic carbocycles. The lowest BCUT2D eigenvalue weighted by Gasteiger charge is -2.16. The van der Waals surface area contributed by atoms with Crippen LogP contribution in [0.3, 0.4) is 0 Å². The zero-order chi connectivity index (χ0) is 17.8. The number of ether oxygens (including phenoxy) is 1. The van der Waals surface area contributed by atoms with Crippen LogP contribution in [0.25, 0.3) is 11.1 Å². The molecule has 2 heterocycles. The van der Waals surface area contributed by atoms with E-state index in [1.54, 1.807) is 6.20 Å². The van der Waals surface area contributed by atoms with Crippen LogP contribution in [0.2, 0.25) is 0 Å².